The Kier molecular flexibility index (Phi) is 5.08. The van der Waals surface area contributed by atoms with Crippen molar-refractivity contribution >= 4 is 34.1 Å². The van der Waals surface area contributed by atoms with Gasteiger partial charge in [-0.25, -0.2) is 0 Å². The van der Waals surface area contributed by atoms with Crippen molar-refractivity contribution in [3.05, 3.63) is 93.3 Å². The molecule has 1 unspecified atom stereocenters. The second kappa shape index (κ2) is 8.04. The van der Waals surface area contributed by atoms with Crippen LogP contribution >= 0.6 is 11.3 Å². The number of carbonyl (C=O) groups excluding carboxylic acids is 2. The van der Waals surface area contributed by atoms with Crippen LogP contribution in [0.4, 0.5) is 0 Å². The summed E-state index contributed by atoms with van der Waals surface area (Å²) in [5.74, 6) is -0.0668. The summed E-state index contributed by atoms with van der Waals surface area (Å²) >= 11 is 1.62. The van der Waals surface area contributed by atoms with Gasteiger partial charge in [-0.05, 0) is 36.1 Å². The fourth-order valence-corrected chi connectivity index (χ4v) is 5.12. The van der Waals surface area contributed by atoms with Crippen LogP contribution in [0.5, 0.6) is 0 Å². The quantitative estimate of drug-likeness (QED) is 0.463. The van der Waals surface area contributed by atoms with E-state index in [2.05, 4.69) is 22.4 Å². The zero-order chi connectivity index (χ0) is 21.4. The minimum absolute atomic E-state index is 0.0173. The summed E-state index contributed by atoms with van der Waals surface area (Å²) in [5.41, 5.74) is 4.92. The molecule has 0 aliphatic carbocycles. The van der Waals surface area contributed by atoms with Gasteiger partial charge in [-0.15, -0.1) is 11.3 Å². The second-order valence-electron chi connectivity index (χ2n) is 7.80. The third-order valence-corrected chi connectivity index (χ3v) is 6.77. The third-order valence-electron chi connectivity index (χ3n) is 5.89. The molecule has 1 aliphatic heterocycles. The van der Waals surface area contributed by atoms with Gasteiger partial charge in [0.1, 0.15) is 0 Å². The number of aromatic nitrogens is 1. The van der Waals surface area contributed by atoms with Crippen molar-refractivity contribution in [1.82, 2.24) is 15.2 Å². The standard InChI is InChI=1S/C25H23N3O2S/c1-16-23(20-10-4-5-11-21(20)27-16)24-18-8-2-3-9-19(18)25(30)28(24)13-12-22(29)26-15-17-7-6-14-31-17/h2-11,14,24,27H,12-13,15H2,1H3,(H,26,29). The molecule has 0 saturated carbocycles. The molecule has 1 aliphatic rings. The number of aryl methyl sites for hydroxylation is 1. The van der Waals surface area contributed by atoms with Crippen LogP contribution in [0.2, 0.25) is 0 Å². The monoisotopic (exact) mass is 429 g/mol. The van der Waals surface area contributed by atoms with Gasteiger partial charge in [0.25, 0.3) is 5.91 Å². The van der Waals surface area contributed by atoms with E-state index in [1.165, 1.54) is 0 Å². The summed E-state index contributed by atoms with van der Waals surface area (Å²) in [4.78, 5) is 32.2. The van der Waals surface area contributed by atoms with Crippen molar-refractivity contribution in [3.8, 4) is 0 Å². The smallest absolute Gasteiger partial charge is 0.255 e. The predicted octanol–water partition coefficient (Wildman–Crippen LogP) is 4.79. The Balaban J connectivity index is 1.43. The fourth-order valence-electron chi connectivity index (χ4n) is 4.47. The van der Waals surface area contributed by atoms with Gasteiger partial charge in [-0.3, -0.25) is 9.59 Å². The molecule has 3 heterocycles. The Labute approximate surface area is 184 Å². The van der Waals surface area contributed by atoms with E-state index < -0.39 is 0 Å². The molecule has 5 rings (SSSR count). The van der Waals surface area contributed by atoms with Crippen molar-refractivity contribution in [2.45, 2.75) is 25.9 Å². The van der Waals surface area contributed by atoms with Crippen molar-refractivity contribution in [1.29, 1.82) is 0 Å². The van der Waals surface area contributed by atoms with Crippen LogP contribution in [0.25, 0.3) is 10.9 Å². The number of nitrogens with zero attached hydrogens (tertiary/aromatic N) is 1. The number of hydrogen-bond donors (Lipinski definition) is 2. The van der Waals surface area contributed by atoms with E-state index in [1.54, 1.807) is 11.3 Å². The lowest BCUT2D eigenvalue weighted by Gasteiger charge is -2.26. The highest BCUT2D eigenvalue weighted by Crippen LogP contribution is 2.42. The van der Waals surface area contributed by atoms with Gasteiger partial charge in [-0.1, -0.05) is 42.5 Å². The Morgan fingerprint density at radius 2 is 1.90 bits per heavy atom. The van der Waals surface area contributed by atoms with E-state index in [0.717, 1.165) is 38.2 Å². The largest absolute Gasteiger partial charge is 0.358 e. The predicted molar refractivity (Wildman–Crippen MR) is 123 cm³/mol. The number of nitrogens with one attached hydrogen (secondary N) is 2. The first-order valence-electron chi connectivity index (χ1n) is 10.4. The molecule has 0 radical (unpaired) electrons. The molecule has 0 saturated heterocycles. The Morgan fingerprint density at radius 3 is 2.74 bits per heavy atom. The third kappa shape index (κ3) is 3.53. The summed E-state index contributed by atoms with van der Waals surface area (Å²) in [5, 5.41) is 6.07. The van der Waals surface area contributed by atoms with Gasteiger partial charge in [0.15, 0.2) is 0 Å². The number of hydrogen-bond acceptors (Lipinski definition) is 3. The average molecular weight is 430 g/mol. The van der Waals surface area contributed by atoms with Crippen LogP contribution in [-0.4, -0.2) is 28.2 Å². The van der Waals surface area contributed by atoms with Crippen molar-refractivity contribution in [2.75, 3.05) is 6.54 Å². The molecule has 0 spiro atoms. The lowest BCUT2D eigenvalue weighted by molar-refractivity contribution is -0.121. The first-order valence-corrected chi connectivity index (χ1v) is 11.3. The Morgan fingerprint density at radius 1 is 1.10 bits per heavy atom. The molecule has 156 valence electrons. The Hall–Kier alpha value is -3.38. The van der Waals surface area contributed by atoms with Crippen LogP contribution in [0.1, 0.15) is 44.5 Å². The molecule has 31 heavy (non-hydrogen) atoms. The van der Waals surface area contributed by atoms with Crippen LogP contribution in [0, 0.1) is 6.92 Å². The number of amides is 2. The number of H-pyrrole nitrogens is 1. The van der Waals surface area contributed by atoms with E-state index in [4.69, 9.17) is 0 Å². The summed E-state index contributed by atoms with van der Waals surface area (Å²) in [6.45, 7) is 2.94. The summed E-state index contributed by atoms with van der Waals surface area (Å²) in [7, 11) is 0. The van der Waals surface area contributed by atoms with E-state index >= 15 is 0 Å². The lowest BCUT2D eigenvalue weighted by atomic mass is 9.95. The molecule has 2 N–H and O–H groups in total. The highest BCUT2D eigenvalue weighted by atomic mass is 32.1. The minimum Gasteiger partial charge on any atom is -0.358 e. The maximum Gasteiger partial charge on any atom is 0.255 e. The molecular formula is C25H23N3O2S. The second-order valence-corrected chi connectivity index (χ2v) is 8.84. The molecular weight excluding hydrogens is 406 g/mol. The molecule has 0 bridgehead atoms. The maximum atomic E-state index is 13.3. The van der Waals surface area contributed by atoms with E-state index in [0.29, 0.717) is 13.1 Å². The van der Waals surface area contributed by atoms with Gasteiger partial charge in [-0.2, -0.15) is 0 Å². The zero-order valence-corrected chi connectivity index (χ0v) is 18.0. The first kappa shape index (κ1) is 19.6. The van der Waals surface area contributed by atoms with E-state index in [-0.39, 0.29) is 24.3 Å². The molecule has 2 amide bonds. The molecule has 0 fully saturated rings. The number of fused-ring (bicyclic) bond motifs is 2. The fraction of sp³-hybridized carbons (Fsp3) is 0.200. The van der Waals surface area contributed by atoms with Gasteiger partial charge >= 0.3 is 0 Å². The highest BCUT2D eigenvalue weighted by molar-refractivity contribution is 7.09. The average Bonchev–Trinajstić information content (AvgIpc) is 3.48. The number of rotatable bonds is 6. The minimum atomic E-state index is -0.204. The summed E-state index contributed by atoms with van der Waals surface area (Å²) < 4.78 is 0. The molecule has 1 atom stereocenters. The highest BCUT2D eigenvalue weighted by Gasteiger charge is 2.39. The lowest BCUT2D eigenvalue weighted by Crippen LogP contribution is -2.33. The summed E-state index contributed by atoms with van der Waals surface area (Å²) in [6.07, 6.45) is 0.267. The van der Waals surface area contributed by atoms with Crippen LogP contribution in [0.3, 0.4) is 0 Å². The SMILES string of the molecule is Cc1[nH]c2ccccc2c1C1c2ccccc2C(=O)N1CCC(=O)NCc1cccs1. The van der Waals surface area contributed by atoms with Gasteiger partial charge in [0.2, 0.25) is 5.91 Å². The first-order chi connectivity index (χ1) is 15.1. The number of thiophene rings is 1. The van der Waals surface area contributed by atoms with E-state index in [1.807, 2.05) is 65.7 Å². The van der Waals surface area contributed by atoms with Gasteiger partial charge < -0.3 is 15.2 Å². The molecule has 6 heteroatoms. The normalized spacial score (nSPS) is 15.5. The molecule has 2 aromatic heterocycles. The number of para-hydroxylation sites is 1. The van der Waals surface area contributed by atoms with Gasteiger partial charge in [0.05, 0.1) is 12.6 Å². The number of carbonyl (C=O) groups is 2. The van der Waals surface area contributed by atoms with Crippen LogP contribution in [-0.2, 0) is 11.3 Å². The number of aromatic amines is 1. The zero-order valence-electron chi connectivity index (χ0n) is 17.2. The van der Waals surface area contributed by atoms with Crippen molar-refractivity contribution < 1.29 is 9.59 Å². The van der Waals surface area contributed by atoms with Crippen LogP contribution < -0.4 is 5.32 Å². The summed E-state index contributed by atoms with van der Waals surface area (Å²) in [6, 6.07) is 19.7. The van der Waals surface area contributed by atoms with Crippen molar-refractivity contribution in [2.24, 2.45) is 0 Å². The van der Waals surface area contributed by atoms with E-state index in [9.17, 15) is 9.59 Å². The topological polar surface area (TPSA) is 65.2 Å². The van der Waals surface area contributed by atoms with Crippen LogP contribution in [0.15, 0.2) is 66.0 Å². The molecule has 2 aromatic carbocycles. The number of benzene rings is 2. The molecule has 4 aromatic rings. The molecule has 5 nitrogen and oxygen atoms in total. The Bertz CT molecular complexity index is 1260. The maximum absolute atomic E-state index is 13.3. The van der Waals surface area contributed by atoms with Crippen molar-refractivity contribution in [3.63, 3.8) is 0 Å². The van der Waals surface area contributed by atoms with Gasteiger partial charge in [0, 0.05) is 45.6 Å².